The number of carboxylic acid groups (broad SMARTS) is 1. The average Bonchev–Trinajstić information content (AvgIpc) is 2.41. The Morgan fingerprint density at radius 2 is 2.10 bits per heavy atom. The van der Waals surface area contributed by atoms with Gasteiger partial charge in [-0.3, -0.25) is 4.79 Å². The highest BCUT2D eigenvalue weighted by Crippen LogP contribution is 2.17. The summed E-state index contributed by atoms with van der Waals surface area (Å²) in [4.78, 5) is 25.7. The monoisotopic (exact) mass is 310 g/mol. The summed E-state index contributed by atoms with van der Waals surface area (Å²) < 4.78 is 52.6. The van der Waals surface area contributed by atoms with Gasteiger partial charge in [0.1, 0.15) is 6.67 Å². The molecule has 0 saturated heterocycles. The van der Waals surface area contributed by atoms with Crippen molar-refractivity contribution in [3.63, 3.8) is 0 Å². The van der Waals surface area contributed by atoms with Crippen LogP contribution >= 0.6 is 0 Å². The molecule has 1 rings (SSSR count). The van der Waals surface area contributed by atoms with Gasteiger partial charge in [-0.2, -0.15) is 13.2 Å². The van der Waals surface area contributed by atoms with Gasteiger partial charge in [0, 0.05) is 17.8 Å². The van der Waals surface area contributed by atoms with Gasteiger partial charge in [0.15, 0.2) is 12.6 Å². The molecule has 1 heterocycles. The van der Waals surface area contributed by atoms with Gasteiger partial charge in [-0.25, -0.2) is 14.2 Å². The molecule has 0 bridgehead atoms. The molecule has 21 heavy (non-hydrogen) atoms. The number of carbonyl (C=O) groups excluding carboxylic acids is 1. The van der Waals surface area contributed by atoms with Crippen LogP contribution in [0, 0.1) is 0 Å². The lowest BCUT2D eigenvalue weighted by molar-refractivity contribution is -0.154. The third kappa shape index (κ3) is 5.63. The Labute approximate surface area is 115 Å². The van der Waals surface area contributed by atoms with E-state index >= 15 is 0 Å². The summed E-state index contributed by atoms with van der Waals surface area (Å²) in [6.45, 7) is -2.92. The molecular weight excluding hydrogens is 300 g/mol. The van der Waals surface area contributed by atoms with Crippen molar-refractivity contribution >= 4 is 11.9 Å². The molecule has 0 aliphatic carbocycles. The summed E-state index contributed by atoms with van der Waals surface area (Å²) in [6, 6.07) is 0.260. The third-order valence-corrected chi connectivity index (χ3v) is 2.14. The van der Waals surface area contributed by atoms with E-state index in [1.165, 1.54) is 0 Å². The quantitative estimate of drug-likeness (QED) is 0.770. The summed E-state index contributed by atoms with van der Waals surface area (Å²) >= 11 is 0. The molecular formula is C11H10F4N2O4. The number of carboxylic acids is 1. The smallest absolute Gasteiger partial charge is 0.422 e. The van der Waals surface area contributed by atoms with E-state index in [9.17, 15) is 27.2 Å². The number of nitrogens with one attached hydrogen (secondary N) is 1. The number of rotatable bonds is 6. The topological polar surface area (TPSA) is 88.5 Å². The van der Waals surface area contributed by atoms with Gasteiger partial charge < -0.3 is 15.2 Å². The number of nitrogens with zero attached hydrogens (tertiary/aromatic N) is 1. The molecule has 2 N–H and O–H groups in total. The standard InChI is InChI=1S/C11H10F4N2O4/c12-4-7(10(19)20)17-9(18)6-1-2-16-8(3-6)21-5-11(13,14)15/h1-3,7H,4-5H2,(H,17,18)(H,19,20). The molecule has 0 aliphatic heterocycles. The normalized spacial score (nSPS) is 12.6. The van der Waals surface area contributed by atoms with Crippen LogP contribution in [0.1, 0.15) is 10.4 Å². The van der Waals surface area contributed by atoms with Gasteiger partial charge in [0.2, 0.25) is 5.88 Å². The van der Waals surface area contributed by atoms with Crippen LogP contribution in [-0.4, -0.2) is 47.5 Å². The number of amides is 1. The van der Waals surface area contributed by atoms with Crippen LogP contribution in [0.3, 0.4) is 0 Å². The highest BCUT2D eigenvalue weighted by atomic mass is 19.4. The molecule has 10 heteroatoms. The predicted molar refractivity (Wildman–Crippen MR) is 60.7 cm³/mol. The molecule has 1 aromatic heterocycles. The molecule has 1 atom stereocenters. The number of hydrogen-bond acceptors (Lipinski definition) is 4. The van der Waals surface area contributed by atoms with Crippen LogP contribution in [-0.2, 0) is 4.79 Å². The van der Waals surface area contributed by atoms with E-state index in [0.717, 1.165) is 18.3 Å². The van der Waals surface area contributed by atoms with Crippen LogP contribution in [0.2, 0.25) is 0 Å². The maximum Gasteiger partial charge on any atom is 0.422 e. The summed E-state index contributed by atoms with van der Waals surface area (Å²) in [7, 11) is 0. The van der Waals surface area contributed by atoms with Crippen LogP contribution < -0.4 is 10.1 Å². The van der Waals surface area contributed by atoms with Crippen molar-refractivity contribution in [2.75, 3.05) is 13.3 Å². The van der Waals surface area contributed by atoms with Gasteiger partial charge >= 0.3 is 12.1 Å². The number of aliphatic carboxylic acids is 1. The number of aromatic nitrogens is 1. The van der Waals surface area contributed by atoms with E-state index in [1.54, 1.807) is 0 Å². The Morgan fingerprint density at radius 3 is 2.62 bits per heavy atom. The Bertz CT molecular complexity index is 521. The number of hydrogen-bond donors (Lipinski definition) is 2. The van der Waals surface area contributed by atoms with Gasteiger partial charge in [0.05, 0.1) is 0 Å². The zero-order valence-corrected chi connectivity index (χ0v) is 10.4. The summed E-state index contributed by atoms with van der Waals surface area (Å²) in [5.41, 5.74) is -0.207. The van der Waals surface area contributed by atoms with Gasteiger partial charge in [0.25, 0.3) is 5.91 Å². The van der Waals surface area contributed by atoms with E-state index in [2.05, 4.69) is 9.72 Å². The van der Waals surface area contributed by atoms with Crippen LogP contribution in [0.5, 0.6) is 5.88 Å². The summed E-state index contributed by atoms with van der Waals surface area (Å²) in [5.74, 6) is -3.01. The molecule has 1 unspecified atom stereocenters. The number of halogens is 4. The summed E-state index contributed by atoms with van der Waals surface area (Å²) in [6.07, 6.45) is -3.56. The molecule has 6 nitrogen and oxygen atoms in total. The second-order valence-electron chi connectivity index (χ2n) is 3.81. The fourth-order valence-corrected chi connectivity index (χ4v) is 1.19. The molecule has 1 amide bonds. The molecule has 0 aromatic carbocycles. The van der Waals surface area contributed by atoms with Crippen LogP contribution in [0.25, 0.3) is 0 Å². The minimum absolute atomic E-state index is 0.207. The van der Waals surface area contributed by atoms with Crippen molar-refractivity contribution in [3.8, 4) is 5.88 Å². The predicted octanol–water partition coefficient (Wildman–Crippen LogP) is 1.18. The minimum atomic E-state index is -4.57. The second-order valence-corrected chi connectivity index (χ2v) is 3.81. The minimum Gasteiger partial charge on any atom is -0.480 e. The van der Waals surface area contributed by atoms with Crippen molar-refractivity contribution in [1.82, 2.24) is 10.3 Å². The molecule has 0 spiro atoms. The van der Waals surface area contributed by atoms with Crippen LogP contribution in [0.15, 0.2) is 18.3 Å². The van der Waals surface area contributed by atoms with Crippen molar-refractivity contribution in [1.29, 1.82) is 0 Å². The first kappa shape index (κ1) is 16.7. The fraction of sp³-hybridized carbons (Fsp3) is 0.364. The van der Waals surface area contributed by atoms with E-state index in [4.69, 9.17) is 5.11 Å². The van der Waals surface area contributed by atoms with Crippen molar-refractivity contribution in [2.24, 2.45) is 0 Å². The van der Waals surface area contributed by atoms with E-state index < -0.39 is 43.3 Å². The first-order valence-electron chi connectivity index (χ1n) is 5.48. The highest BCUT2D eigenvalue weighted by Gasteiger charge is 2.29. The number of pyridine rings is 1. The first-order valence-corrected chi connectivity index (χ1v) is 5.48. The number of carbonyl (C=O) groups is 2. The maximum absolute atomic E-state index is 12.4. The largest absolute Gasteiger partial charge is 0.480 e. The van der Waals surface area contributed by atoms with E-state index in [1.807, 2.05) is 5.32 Å². The summed E-state index contributed by atoms with van der Waals surface area (Å²) in [5, 5.41) is 10.4. The Balaban J connectivity index is 2.75. The molecule has 0 radical (unpaired) electrons. The van der Waals surface area contributed by atoms with Crippen molar-refractivity contribution in [2.45, 2.75) is 12.2 Å². The Kier molecular flexibility index (Phi) is 5.44. The Morgan fingerprint density at radius 1 is 1.43 bits per heavy atom. The highest BCUT2D eigenvalue weighted by molar-refractivity contribution is 5.96. The van der Waals surface area contributed by atoms with Gasteiger partial charge in [-0.1, -0.05) is 0 Å². The van der Waals surface area contributed by atoms with Gasteiger partial charge in [-0.15, -0.1) is 0 Å². The lowest BCUT2D eigenvalue weighted by Crippen LogP contribution is -2.42. The first-order chi connectivity index (χ1) is 9.73. The maximum atomic E-state index is 12.4. The van der Waals surface area contributed by atoms with E-state index in [0.29, 0.717) is 0 Å². The van der Waals surface area contributed by atoms with Gasteiger partial charge in [-0.05, 0) is 6.07 Å². The number of alkyl halides is 4. The van der Waals surface area contributed by atoms with E-state index in [-0.39, 0.29) is 5.56 Å². The van der Waals surface area contributed by atoms with Crippen LogP contribution in [0.4, 0.5) is 17.6 Å². The lowest BCUT2D eigenvalue weighted by Gasteiger charge is -2.12. The molecule has 0 aliphatic rings. The Hall–Kier alpha value is -2.39. The molecule has 1 aromatic rings. The third-order valence-electron chi connectivity index (χ3n) is 2.14. The molecule has 0 fully saturated rings. The number of ether oxygens (including phenoxy) is 1. The lowest BCUT2D eigenvalue weighted by atomic mass is 10.2. The second kappa shape index (κ2) is 6.86. The molecule has 116 valence electrons. The average molecular weight is 310 g/mol. The fourth-order valence-electron chi connectivity index (χ4n) is 1.19. The van der Waals surface area contributed by atoms with Crippen molar-refractivity contribution < 1.29 is 37.0 Å². The zero-order chi connectivity index (χ0) is 16.0. The SMILES string of the molecule is O=C(NC(CF)C(=O)O)c1ccnc(OCC(F)(F)F)c1. The zero-order valence-electron chi connectivity index (χ0n) is 10.4. The van der Waals surface area contributed by atoms with Crippen molar-refractivity contribution in [3.05, 3.63) is 23.9 Å². The molecule has 0 saturated carbocycles.